The Hall–Kier alpha value is -1.95. The van der Waals surface area contributed by atoms with Gasteiger partial charge in [-0.25, -0.2) is 4.39 Å². The number of aliphatic hydroxyl groups excluding tert-OH is 1. The van der Waals surface area contributed by atoms with E-state index in [2.05, 4.69) is 0 Å². The molecule has 1 aromatic carbocycles. The van der Waals surface area contributed by atoms with Gasteiger partial charge in [0, 0.05) is 26.4 Å². The molecule has 5 nitrogen and oxygen atoms in total. The molecule has 3 atom stereocenters. The molecule has 2 aliphatic rings. The van der Waals surface area contributed by atoms with E-state index in [9.17, 15) is 19.1 Å². The second-order valence-corrected chi connectivity index (χ2v) is 6.77. The van der Waals surface area contributed by atoms with Crippen LogP contribution in [-0.2, 0) is 9.59 Å². The highest BCUT2D eigenvalue weighted by molar-refractivity contribution is 5.88. The zero-order chi connectivity index (χ0) is 17.4. The average molecular weight is 334 g/mol. The first-order chi connectivity index (χ1) is 11.4. The lowest BCUT2D eigenvalue weighted by molar-refractivity contribution is -0.143. The number of aryl methyl sites for hydroxylation is 1. The maximum atomic E-state index is 13.4. The van der Waals surface area contributed by atoms with Gasteiger partial charge < -0.3 is 14.9 Å². The molecule has 2 aliphatic heterocycles. The molecule has 1 N–H and O–H groups in total. The first-order valence-corrected chi connectivity index (χ1v) is 8.40. The van der Waals surface area contributed by atoms with Gasteiger partial charge in [-0.05, 0) is 43.0 Å². The Balaban J connectivity index is 1.85. The zero-order valence-electron chi connectivity index (χ0n) is 14.0. The van der Waals surface area contributed by atoms with Crippen molar-refractivity contribution in [1.82, 2.24) is 9.80 Å². The highest BCUT2D eigenvalue weighted by Crippen LogP contribution is 2.35. The van der Waals surface area contributed by atoms with E-state index < -0.39 is 12.1 Å². The number of benzene rings is 1. The summed E-state index contributed by atoms with van der Waals surface area (Å²) >= 11 is 0. The summed E-state index contributed by atoms with van der Waals surface area (Å²) in [5.41, 5.74) is 1.78. The molecule has 3 rings (SSSR count). The summed E-state index contributed by atoms with van der Waals surface area (Å²) in [6, 6.07) is 3.96. The molecular weight excluding hydrogens is 311 g/mol. The van der Waals surface area contributed by atoms with Crippen LogP contribution in [0, 0.1) is 12.7 Å². The van der Waals surface area contributed by atoms with Gasteiger partial charge in [0.05, 0.1) is 12.1 Å². The van der Waals surface area contributed by atoms with E-state index in [-0.39, 0.29) is 36.6 Å². The average Bonchev–Trinajstić information content (AvgIpc) is 3.13. The van der Waals surface area contributed by atoms with E-state index in [1.165, 1.54) is 24.0 Å². The van der Waals surface area contributed by atoms with E-state index in [0.717, 1.165) is 24.0 Å². The number of carbonyl (C=O) groups excluding carboxylic acids is 2. The molecule has 0 radical (unpaired) electrons. The SMILES string of the molecule is CC(=O)N1C[C@@H](O)C[C@@H]1C(=O)N1CCCC1c1ccc(F)cc1C. The summed E-state index contributed by atoms with van der Waals surface area (Å²) in [6.07, 6.45) is 1.33. The van der Waals surface area contributed by atoms with Gasteiger partial charge in [0.1, 0.15) is 11.9 Å². The number of aliphatic hydroxyl groups is 1. The van der Waals surface area contributed by atoms with Crippen molar-refractivity contribution >= 4 is 11.8 Å². The van der Waals surface area contributed by atoms with Crippen molar-refractivity contribution in [1.29, 1.82) is 0 Å². The van der Waals surface area contributed by atoms with Crippen molar-refractivity contribution in [2.24, 2.45) is 0 Å². The first kappa shape index (κ1) is 16.9. The minimum absolute atomic E-state index is 0.0929. The molecule has 0 spiro atoms. The van der Waals surface area contributed by atoms with Crippen LogP contribution < -0.4 is 0 Å². The molecule has 6 heteroatoms. The Morgan fingerprint density at radius 2 is 2.04 bits per heavy atom. The molecule has 2 amide bonds. The maximum absolute atomic E-state index is 13.4. The minimum atomic E-state index is -0.656. The van der Waals surface area contributed by atoms with Crippen LogP contribution in [0.25, 0.3) is 0 Å². The third-order valence-corrected chi connectivity index (χ3v) is 5.10. The molecule has 130 valence electrons. The van der Waals surface area contributed by atoms with Gasteiger partial charge in [-0.3, -0.25) is 9.59 Å². The Morgan fingerprint density at radius 3 is 2.71 bits per heavy atom. The Morgan fingerprint density at radius 1 is 1.29 bits per heavy atom. The summed E-state index contributed by atoms with van der Waals surface area (Å²) in [6.45, 7) is 4.10. The van der Waals surface area contributed by atoms with Crippen molar-refractivity contribution in [2.75, 3.05) is 13.1 Å². The fraction of sp³-hybridized carbons (Fsp3) is 0.556. The molecule has 0 aliphatic carbocycles. The summed E-state index contributed by atoms with van der Waals surface area (Å²) in [7, 11) is 0. The van der Waals surface area contributed by atoms with Crippen molar-refractivity contribution in [3.05, 3.63) is 35.1 Å². The number of likely N-dealkylation sites (tertiary alicyclic amines) is 2. The molecule has 0 bridgehead atoms. The van der Waals surface area contributed by atoms with Crippen LogP contribution in [0.15, 0.2) is 18.2 Å². The molecule has 2 saturated heterocycles. The highest BCUT2D eigenvalue weighted by Gasteiger charge is 2.42. The Kier molecular flexibility index (Phi) is 4.58. The predicted octanol–water partition coefficient (Wildman–Crippen LogP) is 1.78. The van der Waals surface area contributed by atoms with Gasteiger partial charge in [-0.2, -0.15) is 0 Å². The number of hydrogen-bond donors (Lipinski definition) is 1. The van der Waals surface area contributed by atoms with Gasteiger partial charge in [0.15, 0.2) is 0 Å². The summed E-state index contributed by atoms with van der Waals surface area (Å²) in [5.74, 6) is -0.597. The predicted molar refractivity (Wildman–Crippen MR) is 86.6 cm³/mol. The van der Waals surface area contributed by atoms with E-state index in [1.54, 1.807) is 11.0 Å². The van der Waals surface area contributed by atoms with Gasteiger partial charge in [0.25, 0.3) is 0 Å². The normalized spacial score (nSPS) is 26.9. The van der Waals surface area contributed by atoms with Crippen molar-refractivity contribution in [3.8, 4) is 0 Å². The van der Waals surface area contributed by atoms with Crippen LogP contribution in [-0.4, -0.2) is 52.0 Å². The fourth-order valence-corrected chi connectivity index (χ4v) is 3.95. The Bertz CT molecular complexity index is 664. The van der Waals surface area contributed by atoms with Crippen LogP contribution in [0.2, 0.25) is 0 Å². The number of nitrogens with zero attached hydrogens (tertiary/aromatic N) is 2. The molecule has 1 unspecified atom stereocenters. The second-order valence-electron chi connectivity index (χ2n) is 6.77. The van der Waals surface area contributed by atoms with Crippen LogP contribution in [0.5, 0.6) is 0 Å². The third-order valence-electron chi connectivity index (χ3n) is 5.10. The lowest BCUT2D eigenvalue weighted by atomic mass is 9.98. The number of hydrogen-bond acceptors (Lipinski definition) is 3. The van der Waals surface area contributed by atoms with Crippen LogP contribution >= 0.6 is 0 Å². The van der Waals surface area contributed by atoms with E-state index in [4.69, 9.17) is 0 Å². The summed E-state index contributed by atoms with van der Waals surface area (Å²) < 4.78 is 13.4. The van der Waals surface area contributed by atoms with Gasteiger partial charge in [-0.15, -0.1) is 0 Å². The third kappa shape index (κ3) is 3.02. The number of amides is 2. The monoisotopic (exact) mass is 334 g/mol. The number of carbonyl (C=O) groups is 2. The zero-order valence-corrected chi connectivity index (χ0v) is 14.0. The van der Waals surface area contributed by atoms with Crippen LogP contribution in [0.1, 0.15) is 43.4 Å². The maximum Gasteiger partial charge on any atom is 0.245 e. The number of β-amino-alcohol motifs (C(OH)–C–C–N with tert-alkyl or cyclic N) is 1. The van der Waals surface area contributed by atoms with Gasteiger partial charge in [-0.1, -0.05) is 6.07 Å². The van der Waals surface area contributed by atoms with Crippen molar-refractivity contribution in [3.63, 3.8) is 0 Å². The standard InChI is InChI=1S/C18H23FN2O3/c1-11-8-13(19)5-6-15(11)16-4-3-7-20(16)18(24)17-9-14(23)10-21(17)12(2)22/h5-6,8,14,16-17,23H,3-4,7,9-10H2,1-2H3/t14-,16?,17+/m0/s1. The smallest absolute Gasteiger partial charge is 0.245 e. The molecule has 24 heavy (non-hydrogen) atoms. The summed E-state index contributed by atoms with van der Waals surface area (Å²) in [4.78, 5) is 28.0. The van der Waals surface area contributed by atoms with E-state index >= 15 is 0 Å². The van der Waals surface area contributed by atoms with E-state index in [1.807, 2.05) is 6.92 Å². The van der Waals surface area contributed by atoms with Gasteiger partial charge in [0.2, 0.25) is 11.8 Å². The molecule has 1 aromatic rings. The molecular formula is C18H23FN2O3. The molecule has 0 saturated carbocycles. The van der Waals surface area contributed by atoms with Crippen molar-refractivity contribution in [2.45, 2.75) is 51.3 Å². The number of halogens is 1. The Labute approximate surface area is 141 Å². The first-order valence-electron chi connectivity index (χ1n) is 8.40. The lowest BCUT2D eigenvalue weighted by Gasteiger charge is -2.31. The largest absolute Gasteiger partial charge is 0.391 e. The topological polar surface area (TPSA) is 60.9 Å². The van der Waals surface area contributed by atoms with E-state index in [0.29, 0.717) is 6.54 Å². The van der Waals surface area contributed by atoms with Crippen LogP contribution in [0.4, 0.5) is 4.39 Å². The second kappa shape index (κ2) is 6.51. The fourth-order valence-electron chi connectivity index (χ4n) is 3.95. The summed E-state index contributed by atoms with van der Waals surface area (Å²) in [5, 5.41) is 9.86. The minimum Gasteiger partial charge on any atom is -0.391 e. The van der Waals surface area contributed by atoms with Crippen molar-refractivity contribution < 1.29 is 19.1 Å². The lowest BCUT2D eigenvalue weighted by Crippen LogP contribution is -2.47. The quantitative estimate of drug-likeness (QED) is 0.897. The highest BCUT2D eigenvalue weighted by atomic mass is 19.1. The molecule has 2 fully saturated rings. The molecule has 2 heterocycles. The van der Waals surface area contributed by atoms with Gasteiger partial charge >= 0.3 is 0 Å². The number of rotatable bonds is 2. The molecule has 0 aromatic heterocycles. The van der Waals surface area contributed by atoms with Crippen LogP contribution in [0.3, 0.4) is 0 Å².